The molecule has 0 aliphatic rings. The average Bonchev–Trinajstić information content (AvgIpc) is 3.09. The molecule has 0 saturated heterocycles. The van der Waals surface area contributed by atoms with Crippen LogP contribution in [-0.4, -0.2) is 47.1 Å². The first-order valence-corrected chi connectivity index (χ1v) is 11.3. The maximum atomic E-state index is 12.9. The summed E-state index contributed by atoms with van der Waals surface area (Å²) in [4.78, 5) is 13.6. The normalized spacial score (nSPS) is 12.3. The average molecular weight is 423 g/mol. The van der Waals surface area contributed by atoms with Crippen LogP contribution in [0.3, 0.4) is 0 Å². The van der Waals surface area contributed by atoms with Gasteiger partial charge >= 0.3 is 0 Å². The third-order valence-electron chi connectivity index (χ3n) is 4.88. The molecule has 6 nitrogen and oxygen atoms in total. The van der Waals surface area contributed by atoms with Gasteiger partial charge in [-0.2, -0.15) is 0 Å². The zero-order chi connectivity index (χ0) is 21.2. The van der Waals surface area contributed by atoms with Gasteiger partial charge in [0.05, 0.1) is 19.8 Å². The lowest BCUT2D eigenvalue weighted by Crippen LogP contribution is -3.06. The molecule has 2 N–H and O–H groups in total. The van der Waals surface area contributed by atoms with Gasteiger partial charge < -0.3 is 14.8 Å². The van der Waals surface area contributed by atoms with Crippen molar-refractivity contribution in [1.29, 1.82) is 0 Å². The summed E-state index contributed by atoms with van der Waals surface area (Å²) >= 11 is 1.43. The molecule has 29 heavy (non-hydrogen) atoms. The van der Waals surface area contributed by atoms with Crippen molar-refractivity contribution < 1.29 is 14.1 Å². The molecule has 1 aromatic heterocycles. The summed E-state index contributed by atoms with van der Waals surface area (Å²) in [5, 5.41) is 12.6. The maximum Gasteiger partial charge on any atom is 0.230 e. The number of unbranched alkanes of at least 4 members (excludes halogenated alkanes) is 1. The van der Waals surface area contributed by atoms with Crippen molar-refractivity contribution in [2.75, 3.05) is 26.4 Å². The van der Waals surface area contributed by atoms with E-state index >= 15 is 0 Å². The molecule has 0 bridgehead atoms. The van der Waals surface area contributed by atoms with Gasteiger partial charge in [0, 0.05) is 19.5 Å². The van der Waals surface area contributed by atoms with Crippen LogP contribution in [0.15, 0.2) is 29.4 Å². The summed E-state index contributed by atoms with van der Waals surface area (Å²) < 4.78 is 15.1. The van der Waals surface area contributed by atoms with E-state index < -0.39 is 0 Å². The Morgan fingerprint density at radius 1 is 1.24 bits per heavy atom. The number of aromatic nitrogens is 3. The Bertz CT molecular complexity index is 763. The molecule has 1 heterocycles. The van der Waals surface area contributed by atoms with E-state index in [4.69, 9.17) is 0 Å². The molecule has 2 aromatic rings. The molecular weight excluding hydrogens is 389 g/mol. The van der Waals surface area contributed by atoms with Crippen LogP contribution >= 0.6 is 11.8 Å². The Hall–Kier alpha value is -1.93. The molecule has 160 valence electrons. The third kappa shape index (κ3) is 7.12. The minimum Gasteiger partial charge on any atom is -0.355 e. The van der Waals surface area contributed by atoms with Gasteiger partial charge in [-0.25, -0.2) is 4.39 Å². The van der Waals surface area contributed by atoms with Gasteiger partial charge in [0.25, 0.3) is 0 Å². The zero-order valence-corrected chi connectivity index (χ0v) is 18.7. The zero-order valence-electron chi connectivity index (χ0n) is 17.9. The van der Waals surface area contributed by atoms with Crippen LogP contribution in [0.2, 0.25) is 0 Å². The second-order valence-corrected chi connectivity index (χ2v) is 8.34. The van der Waals surface area contributed by atoms with Crippen molar-refractivity contribution in [2.45, 2.75) is 57.3 Å². The molecule has 1 aromatic carbocycles. The lowest BCUT2D eigenvalue weighted by molar-refractivity contribution is -0.893. The summed E-state index contributed by atoms with van der Waals surface area (Å²) in [5.41, 5.74) is 1.00. The third-order valence-corrected chi connectivity index (χ3v) is 5.85. The Morgan fingerprint density at radius 3 is 2.59 bits per heavy atom. The SMILES string of the molecule is CCCCn1c(SCC(=O)NCCc2ccc(F)cc2)nnc1[C@H](CC)[NH+](C)C. The van der Waals surface area contributed by atoms with E-state index in [2.05, 4.69) is 48.0 Å². The smallest absolute Gasteiger partial charge is 0.230 e. The molecule has 0 saturated carbocycles. The van der Waals surface area contributed by atoms with E-state index in [9.17, 15) is 9.18 Å². The first-order valence-electron chi connectivity index (χ1n) is 10.3. The first kappa shape index (κ1) is 23.3. The highest BCUT2D eigenvalue weighted by molar-refractivity contribution is 7.99. The number of carbonyl (C=O) groups is 1. The fraction of sp³-hybridized carbons (Fsp3) is 0.571. The molecule has 0 aliphatic heterocycles. The number of hydrogen-bond donors (Lipinski definition) is 2. The second kappa shape index (κ2) is 11.9. The predicted octanol–water partition coefficient (Wildman–Crippen LogP) is 2.26. The largest absolute Gasteiger partial charge is 0.355 e. The summed E-state index contributed by atoms with van der Waals surface area (Å²) in [6.07, 6.45) is 3.82. The molecule has 1 amide bonds. The Labute approximate surface area is 177 Å². The summed E-state index contributed by atoms with van der Waals surface area (Å²) in [5.74, 6) is 1.02. The van der Waals surface area contributed by atoms with Crippen molar-refractivity contribution in [1.82, 2.24) is 20.1 Å². The van der Waals surface area contributed by atoms with Gasteiger partial charge in [0.1, 0.15) is 11.9 Å². The standard InChI is InChI=1S/C21H32FN5OS/c1-5-7-14-27-20(18(6-2)26(3)4)24-25-21(27)29-15-19(28)23-13-12-16-8-10-17(22)11-9-16/h8-11,18H,5-7,12-15H2,1-4H3,(H,23,28)/p+1/t18-/m0/s1. The van der Waals surface area contributed by atoms with Crippen LogP contribution in [0.1, 0.15) is 50.5 Å². The van der Waals surface area contributed by atoms with Gasteiger partial charge in [-0.05, 0) is 30.5 Å². The van der Waals surface area contributed by atoms with Crippen molar-refractivity contribution >= 4 is 17.7 Å². The van der Waals surface area contributed by atoms with Crippen LogP contribution < -0.4 is 10.2 Å². The number of quaternary nitrogens is 1. The van der Waals surface area contributed by atoms with Gasteiger partial charge in [-0.3, -0.25) is 4.79 Å². The molecular formula is C21H33FN5OS+. The summed E-state index contributed by atoms with van der Waals surface area (Å²) in [6.45, 7) is 5.73. The van der Waals surface area contributed by atoms with E-state index in [0.29, 0.717) is 24.8 Å². The van der Waals surface area contributed by atoms with Gasteiger partial charge in [0.2, 0.25) is 5.91 Å². The van der Waals surface area contributed by atoms with Crippen LogP contribution in [0.4, 0.5) is 4.39 Å². The van der Waals surface area contributed by atoms with Gasteiger partial charge in [0.15, 0.2) is 11.0 Å². The molecule has 0 aliphatic carbocycles. The fourth-order valence-electron chi connectivity index (χ4n) is 3.22. The quantitative estimate of drug-likeness (QED) is 0.515. The molecule has 0 unspecified atom stereocenters. The van der Waals surface area contributed by atoms with Crippen molar-refractivity contribution in [3.05, 3.63) is 41.5 Å². The summed E-state index contributed by atoms with van der Waals surface area (Å²) in [7, 11) is 4.27. The highest BCUT2D eigenvalue weighted by atomic mass is 32.2. The lowest BCUT2D eigenvalue weighted by Gasteiger charge is -2.20. The number of benzene rings is 1. The highest BCUT2D eigenvalue weighted by Gasteiger charge is 2.24. The van der Waals surface area contributed by atoms with Gasteiger partial charge in [-0.1, -0.05) is 44.2 Å². The van der Waals surface area contributed by atoms with Crippen LogP contribution in [0.25, 0.3) is 0 Å². The Kier molecular flexibility index (Phi) is 9.60. The highest BCUT2D eigenvalue weighted by Crippen LogP contribution is 2.21. The predicted molar refractivity (Wildman–Crippen MR) is 115 cm³/mol. The maximum absolute atomic E-state index is 12.9. The number of carbonyl (C=O) groups excluding carboxylic acids is 1. The molecule has 2 rings (SSSR count). The molecule has 0 spiro atoms. The molecule has 8 heteroatoms. The lowest BCUT2D eigenvalue weighted by atomic mass is 10.1. The minimum atomic E-state index is -0.248. The molecule has 0 radical (unpaired) electrons. The number of rotatable bonds is 12. The Balaban J connectivity index is 1.91. The fourth-order valence-corrected chi connectivity index (χ4v) is 4.02. The van der Waals surface area contributed by atoms with E-state index in [1.807, 2.05) is 0 Å². The number of halogens is 1. The summed E-state index contributed by atoms with van der Waals surface area (Å²) in [6, 6.07) is 6.65. The topological polar surface area (TPSA) is 64.2 Å². The number of nitrogens with zero attached hydrogens (tertiary/aromatic N) is 3. The number of thioether (sulfide) groups is 1. The van der Waals surface area contributed by atoms with Crippen molar-refractivity contribution in [2.24, 2.45) is 0 Å². The van der Waals surface area contributed by atoms with Gasteiger partial charge in [-0.15, -0.1) is 10.2 Å². The number of nitrogens with one attached hydrogen (secondary N) is 2. The Morgan fingerprint density at radius 2 is 1.97 bits per heavy atom. The number of hydrogen-bond acceptors (Lipinski definition) is 4. The first-order chi connectivity index (χ1) is 14.0. The second-order valence-electron chi connectivity index (χ2n) is 7.40. The number of amides is 1. The van der Waals surface area contributed by atoms with E-state index in [0.717, 1.165) is 42.4 Å². The molecule has 1 atom stereocenters. The van der Waals surface area contributed by atoms with Crippen molar-refractivity contribution in [3.8, 4) is 0 Å². The van der Waals surface area contributed by atoms with Crippen LogP contribution in [0.5, 0.6) is 0 Å². The molecule has 0 fully saturated rings. The van der Waals surface area contributed by atoms with Crippen molar-refractivity contribution in [3.63, 3.8) is 0 Å². The monoisotopic (exact) mass is 422 g/mol. The minimum absolute atomic E-state index is 0.0334. The van der Waals surface area contributed by atoms with Crippen LogP contribution in [-0.2, 0) is 17.8 Å². The van der Waals surface area contributed by atoms with E-state index in [1.165, 1.54) is 28.8 Å². The van der Waals surface area contributed by atoms with Crippen LogP contribution in [0, 0.1) is 5.82 Å². The van der Waals surface area contributed by atoms with E-state index in [-0.39, 0.29) is 11.7 Å². The van der Waals surface area contributed by atoms with E-state index in [1.54, 1.807) is 12.1 Å².